The molecule has 0 heterocycles. The number of nitrogens with zero attached hydrogens (tertiary/aromatic N) is 1. The first-order chi connectivity index (χ1) is 10.7. The van der Waals surface area contributed by atoms with Crippen molar-refractivity contribution >= 4 is 17.8 Å². The molecule has 0 aliphatic carbocycles. The molecule has 5 nitrogen and oxygen atoms in total. The molecule has 116 valence electrons. The zero-order valence-electron chi connectivity index (χ0n) is 12.0. The Bertz CT molecular complexity index is 646. The van der Waals surface area contributed by atoms with Gasteiger partial charge in [0.2, 0.25) is 0 Å². The topological polar surface area (TPSA) is 60.3 Å². The number of hydrogen-bond acceptors (Lipinski definition) is 5. The molecule has 0 saturated carbocycles. The Balaban J connectivity index is 1.88. The summed E-state index contributed by atoms with van der Waals surface area (Å²) in [5.74, 6) is 2.00. The van der Waals surface area contributed by atoms with Crippen LogP contribution in [0.3, 0.4) is 0 Å². The molecule has 0 aliphatic rings. The van der Waals surface area contributed by atoms with Gasteiger partial charge in [0.1, 0.15) is 30.5 Å². The number of benzene rings is 2. The number of halogens is 1. The molecule has 0 aromatic heterocycles. The monoisotopic (exact) mass is 321 g/mol. The zero-order chi connectivity index (χ0) is 15.8. The average molecular weight is 322 g/mol. The summed E-state index contributed by atoms with van der Waals surface area (Å²) in [6.07, 6.45) is 1.27. The molecule has 0 spiro atoms. The molecule has 1 N–H and O–H groups in total. The molecular formula is C16H16ClNO4. The van der Waals surface area contributed by atoms with Crippen LogP contribution in [0.4, 0.5) is 0 Å². The largest absolute Gasteiger partial charge is 0.497 e. The quantitative estimate of drug-likeness (QED) is 0.366. The lowest BCUT2D eigenvalue weighted by Gasteiger charge is -2.11. The molecule has 0 unspecified atom stereocenters. The average Bonchev–Trinajstić information content (AvgIpc) is 2.54. The highest BCUT2D eigenvalue weighted by atomic mass is 35.5. The van der Waals surface area contributed by atoms with Crippen LogP contribution in [0.1, 0.15) is 5.56 Å². The van der Waals surface area contributed by atoms with Crippen LogP contribution < -0.4 is 14.2 Å². The first-order valence-corrected chi connectivity index (χ1v) is 6.97. The lowest BCUT2D eigenvalue weighted by atomic mass is 10.2. The highest BCUT2D eigenvalue weighted by molar-refractivity contribution is 6.30. The predicted octanol–water partition coefficient (Wildman–Crippen LogP) is 3.61. The van der Waals surface area contributed by atoms with Crippen molar-refractivity contribution in [3.63, 3.8) is 0 Å². The van der Waals surface area contributed by atoms with Crippen LogP contribution in [0.25, 0.3) is 0 Å². The third kappa shape index (κ3) is 4.56. The summed E-state index contributed by atoms with van der Waals surface area (Å²) in [4.78, 5) is 0. The summed E-state index contributed by atoms with van der Waals surface area (Å²) in [6, 6.07) is 12.4. The minimum Gasteiger partial charge on any atom is -0.497 e. The number of methoxy groups -OCH3 is 1. The molecule has 2 aromatic rings. The van der Waals surface area contributed by atoms with Gasteiger partial charge in [-0.25, -0.2) is 0 Å². The van der Waals surface area contributed by atoms with Gasteiger partial charge in [-0.3, -0.25) is 0 Å². The maximum absolute atomic E-state index is 8.64. The van der Waals surface area contributed by atoms with Crippen LogP contribution in [0.2, 0.25) is 5.02 Å². The van der Waals surface area contributed by atoms with Crippen LogP contribution in [-0.4, -0.2) is 31.7 Å². The molecule has 0 amide bonds. The second-order valence-electron chi connectivity index (χ2n) is 4.30. The van der Waals surface area contributed by atoms with Crippen LogP contribution in [0, 0.1) is 0 Å². The van der Waals surface area contributed by atoms with E-state index >= 15 is 0 Å². The van der Waals surface area contributed by atoms with E-state index in [-0.39, 0.29) is 0 Å². The second-order valence-corrected chi connectivity index (χ2v) is 4.74. The van der Waals surface area contributed by atoms with E-state index in [0.717, 1.165) is 5.75 Å². The van der Waals surface area contributed by atoms with Gasteiger partial charge in [-0.2, -0.15) is 0 Å². The van der Waals surface area contributed by atoms with Crippen LogP contribution in [0.15, 0.2) is 47.6 Å². The van der Waals surface area contributed by atoms with Gasteiger partial charge in [-0.05, 0) is 30.3 Å². The Morgan fingerprint density at radius 2 is 1.86 bits per heavy atom. The minimum absolute atomic E-state index is 0.338. The molecule has 0 fully saturated rings. The van der Waals surface area contributed by atoms with Crippen LogP contribution in [0.5, 0.6) is 17.2 Å². The van der Waals surface area contributed by atoms with Crippen molar-refractivity contribution in [2.75, 3.05) is 20.3 Å². The Morgan fingerprint density at radius 1 is 1.09 bits per heavy atom. The smallest absolute Gasteiger partial charge is 0.128 e. The highest BCUT2D eigenvalue weighted by Gasteiger charge is 2.04. The summed E-state index contributed by atoms with van der Waals surface area (Å²) >= 11 is 5.89. The van der Waals surface area contributed by atoms with Gasteiger partial charge >= 0.3 is 0 Å². The van der Waals surface area contributed by atoms with Gasteiger partial charge < -0.3 is 19.4 Å². The molecule has 6 heteroatoms. The van der Waals surface area contributed by atoms with Gasteiger partial charge in [0.05, 0.1) is 13.3 Å². The van der Waals surface area contributed by atoms with E-state index in [1.165, 1.54) is 6.21 Å². The second kappa shape index (κ2) is 8.14. The fourth-order valence-electron chi connectivity index (χ4n) is 1.82. The summed E-state index contributed by atoms with van der Waals surface area (Å²) < 4.78 is 16.3. The van der Waals surface area contributed by atoms with Crippen molar-refractivity contribution in [3.8, 4) is 17.2 Å². The first-order valence-electron chi connectivity index (χ1n) is 6.59. The van der Waals surface area contributed by atoms with Crippen molar-refractivity contribution in [1.29, 1.82) is 0 Å². The molecule has 2 rings (SSSR count). The fourth-order valence-corrected chi connectivity index (χ4v) is 2.00. The Kier molecular flexibility index (Phi) is 5.91. The van der Waals surface area contributed by atoms with Gasteiger partial charge in [0.15, 0.2) is 0 Å². The van der Waals surface area contributed by atoms with E-state index in [0.29, 0.717) is 35.3 Å². The van der Waals surface area contributed by atoms with Gasteiger partial charge in [-0.1, -0.05) is 22.8 Å². The van der Waals surface area contributed by atoms with Crippen molar-refractivity contribution in [2.24, 2.45) is 5.16 Å². The number of rotatable bonds is 7. The summed E-state index contributed by atoms with van der Waals surface area (Å²) in [7, 11) is 1.60. The summed E-state index contributed by atoms with van der Waals surface area (Å²) in [5.41, 5.74) is 0.594. The van der Waals surface area contributed by atoms with Crippen molar-refractivity contribution < 1.29 is 19.4 Å². The van der Waals surface area contributed by atoms with Crippen molar-refractivity contribution in [1.82, 2.24) is 0 Å². The number of oxime groups is 1. The highest BCUT2D eigenvalue weighted by Crippen LogP contribution is 2.22. The van der Waals surface area contributed by atoms with Crippen molar-refractivity contribution in [2.45, 2.75) is 0 Å². The molecule has 0 aliphatic heterocycles. The summed E-state index contributed by atoms with van der Waals surface area (Å²) in [5, 5.41) is 12.2. The fraction of sp³-hybridized carbons (Fsp3) is 0.188. The van der Waals surface area contributed by atoms with Crippen LogP contribution >= 0.6 is 11.6 Å². The molecule has 0 bridgehead atoms. The third-order valence-corrected chi connectivity index (χ3v) is 3.05. The molecule has 0 saturated heterocycles. The molecular weight excluding hydrogens is 306 g/mol. The zero-order valence-corrected chi connectivity index (χ0v) is 12.8. The van der Waals surface area contributed by atoms with E-state index in [4.69, 9.17) is 31.0 Å². The molecule has 0 radical (unpaired) electrons. The standard InChI is InChI=1S/C16H16ClNO4/c1-20-14-3-2-4-15(10-14)21-7-8-22-16-6-5-13(17)9-12(16)11-18-19/h2-6,9-11,19H,7-8H2,1H3. The summed E-state index contributed by atoms with van der Waals surface area (Å²) in [6.45, 7) is 0.705. The lowest BCUT2D eigenvalue weighted by molar-refractivity contribution is 0.216. The molecule has 0 atom stereocenters. The van der Waals surface area contributed by atoms with Crippen LogP contribution in [-0.2, 0) is 0 Å². The molecule has 2 aromatic carbocycles. The van der Waals surface area contributed by atoms with E-state index in [9.17, 15) is 0 Å². The molecule has 22 heavy (non-hydrogen) atoms. The minimum atomic E-state index is 0.338. The third-order valence-electron chi connectivity index (χ3n) is 2.82. The van der Waals surface area contributed by atoms with Crippen molar-refractivity contribution in [3.05, 3.63) is 53.1 Å². The van der Waals surface area contributed by atoms with E-state index < -0.39 is 0 Å². The Morgan fingerprint density at radius 3 is 2.64 bits per heavy atom. The maximum Gasteiger partial charge on any atom is 0.128 e. The normalized spacial score (nSPS) is 10.6. The number of ether oxygens (including phenoxy) is 3. The van der Waals surface area contributed by atoms with E-state index in [2.05, 4.69) is 5.16 Å². The van der Waals surface area contributed by atoms with E-state index in [1.54, 1.807) is 31.4 Å². The van der Waals surface area contributed by atoms with Gasteiger partial charge in [0.25, 0.3) is 0 Å². The first kappa shape index (κ1) is 16.0. The maximum atomic E-state index is 8.64. The lowest BCUT2D eigenvalue weighted by Crippen LogP contribution is -2.10. The number of hydrogen-bond donors (Lipinski definition) is 1. The van der Waals surface area contributed by atoms with Gasteiger partial charge in [0, 0.05) is 16.7 Å². The predicted molar refractivity (Wildman–Crippen MR) is 84.8 cm³/mol. The SMILES string of the molecule is COc1cccc(OCCOc2ccc(Cl)cc2C=NO)c1. The Labute approximate surface area is 133 Å². The van der Waals surface area contributed by atoms with Gasteiger partial charge in [-0.15, -0.1) is 0 Å². The Hall–Kier alpha value is -2.40. The van der Waals surface area contributed by atoms with E-state index in [1.807, 2.05) is 18.2 Å².